The van der Waals surface area contributed by atoms with Crippen LogP contribution in [0.5, 0.6) is 0 Å². The summed E-state index contributed by atoms with van der Waals surface area (Å²) in [7, 11) is 3.59. The van der Waals surface area contributed by atoms with E-state index in [1.165, 1.54) is 18.4 Å². The van der Waals surface area contributed by atoms with Gasteiger partial charge in [-0.1, -0.05) is 19.9 Å². The van der Waals surface area contributed by atoms with E-state index in [0.29, 0.717) is 31.1 Å². The predicted molar refractivity (Wildman–Crippen MR) is 98.2 cm³/mol. The number of fused-ring (bicyclic) bond motifs is 1. The van der Waals surface area contributed by atoms with Crippen LogP contribution in [0.15, 0.2) is 11.6 Å². The van der Waals surface area contributed by atoms with E-state index in [1.807, 2.05) is 0 Å². The van der Waals surface area contributed by atoms with Gasteiger partial charge in [-0.15, -0.1) is 0 Å². The van der Waals surface area contributed by atoms with Gasteiger partial charge in [0.05, 0.1) is 25.4 Å². The lowest BCUT2D eigenvalue weighted by Crippen LogP contribution is -2.49. The maximum Gasteiger partial charge on any atom is 0.239 e. The summed E-state index contributed by atoms with van der Waals surface area (Å²) in [5, 5.41) is 10.3. The van der Waals surface area contributed by atoms with Gasteiger partial charge in [-0.2, -0.15) is 0 Å². The third-order valence-corrected chi connectivity index (χ3v) is 6.70. The molecule has 1 aliphatic heterocycles. The summed E-state index contributed by atoms with van der Waals surface area (Å²) in [4.78, 5) is 16.0. The van der Waals surface area contributed by atoms with Crippen LogP contribution >= 0.6 is 0 Å². The predicted octanol–water partition coefficient (Wildman–Crippen LogP) is 1.91. The molecule has 1 saturated carbocycles. The number of carbonyl (C=O) groups excluding carboxylic acids is 1. The Labute approximate surface area is 152 Å². The van der Waals surface area contributed by atoms with Gasteiger partial charge < -0.3 is 14.7 Å². The van der Waals surface area contributed by atoms with Crippen molar-refractivity contribution in [3.8, 4) is 0 Å². The molecule has 1 saturated heterocycles. The summed E-state index contributed by atoms with van der Waals surface area (Å²) in [5.41, 5.74) is 1.84. The second-order valence-electron chi connectivity index (χ2n) is 8.88. The summed E-state index contributed by atoms with van der Waals surface area (Å²) in [6, 6.07) is -0.0848. The summed E-state index contributed by atoms with van der Waals surface area (Å²) >= 11 is 0. The average molecular weight is 351 g/mol. The Kier molecular flexibility index (Phi) is 5.57. The molecule has 4 unspecified atom stereocenters. The number of nitrogens with zero attached hydrogens (tertiary/aromatic N) is 2. The van der Waals surface area contributed by atoms with E-state index in [-0.39, 0.29) is 11.9 Å². The smallest absolute Gasteiger partial charge is 0.239 e. The minimum absolute atomic E-state index is 0.0848. The van der Waals surface area contributed by atoms with Crippen molar-refractivity contribution in [2.75, 3.05) is 40.4 Å². The van der Waals surface area contributed by atoms with Crippen LogP contribution in [-0.2, 0) is 9.53 Å². The first-order chi connectivity index (χ1) is 11.8. The first-order valence-corrected chi connectivity index (χ1v) is 9.70. The Morgan fingerprint density at radius 2 is 2.24 bits per heavy atom. The van der Waals surface area contributed by atoms with E-state index in [9.17, 15) is 9.90 Å². The number of hydrogen-bond donors (Lipinski definition) is 1. The molecule has 142 valence electrons. The van der Waals surface area contributed by atoms with Crippen LogP contribution in [-0.4, -0.2) is 73.4 Å². The number of β-amino-alcohol motifs (C(OH)–C–C–N with tert-alkyl or cyclic N) is 1. The van der Waals surface area contributed by atoms with Gasteiger partial charge in [0, 0.05) is 20.6 Å². The van der Waals surface area contributed by atoms with E-state index in [4.69, 9.17) is 4.74 Å². The number of rotatable bonds is 7. The Morgan fingerprint density at radius 3 is 2.88 bits per heavy atom. The van der Waals surface area contributed by atoms with E-state index in [0.717, 1.165) is 25.3 Å². The number of carbonyl (C=O) groups is 1. The van der Waals surface area contributed by atoms with Crippen molar-refractivity contribution in [3.05, 3.63) is 11.6 Å². The summed E-state index contributed by atoms with van der Waals surface area (Å²) in [6.45, 7) is 7.10. The third kappa shape index (κ3) is 3.79. The number of allylic oxidation sites excluding steroid dienone is 1. The van der Waals surface area contributed by atoms with Gasteiger partial charge in [0.25, 0.3) is 0 Å². The Hall–Kier alpha value is -0.910. The van der Waals surface area contributed by atoms with Crippen molar-refractivity contribution in [2.45, 2.75) is 51.7 Å². The number of aliphatic hydroxyl groups excluding tert-OH is 1. The zero-order valence-corrected chi connectivity index (χ0v) is 16.2. The van der Waals surface area contributed by atoms with Gasteiger partial charge in [0.1, 0.15) is 0 Å². The zero-order valence-electron chi connectivity index (χ0n) is 16.2. The molecule has 0 aromatic carbocycles. The van der Waals surface area contributed by atoms with E-state index >= 15 is 0 Å². The van der Waals surface area contributed by atoms with Crippen LogP contribution in [0.2, 0.25) is 0 Å². The van der Waals surface area contributed by atoms with Gasteiger partial charge in [-0.25, -0.2) is 0 Å². The Bertz CT molecular complexity index is 529. The van der Waals surface area contributed by atoms with Gasteiger partial charge in [0.2, 0.25) is 5.91 Å². The van der Waals surface area contributed by atoms with Gasteiger partial charge in [0.15, 0.2) is 0 Å². The normalized spacial score (nSPS) is 32.0. The molecule has 1 heterocycles. The maximum atomic E-state index is 12.2. The van der Waals surface area contributed by atoms with Crippen LogP contribution < -0.4 is 0 Å². The second-order valence-corrected chi connectivity index (χ2v) is 8.88. The summed E-state index contributed by atoms with van der Waals surface area (Å²) < 4.78 is 5.84. The van der Waals surface area contributed by atoms with Crippen molar-refractivity contribution in [1.82, 2.24) is 9.80 Å². The van der Waals surface area contributed by atoms with Gasteiger partial charge in [-0.3, -0.25) is 9.69 Å². The third-order valence-electron chi connectivity index (χ3n) is 6.70. The highest BCUT2D eigenvalue weighted by Gasteiger charge is 2.51. The molecular formula is C20H34N2O3. The molecule has 25 heavy (non-hydrogen) atoms. The summed E-state index contributed by atoms with van der Waals surface area (Å²) in [5.74, 6) is 1.64. The molecule has 3 aliphatic carbocycles. The highest BCUT2D eigenvalue weighted by molar-refractivity contribution is 5.81. The standard InChI is InChI=1S/C20H34N2O3/c1-20(2)15-8-7-14(17(20)10-15)12-25-13-16(23)11-22-9-5-6-18(22)19(24)21(3)4/h7,15-18,23H,5-6,8-13H2,1-4H3. The van der Waals surface area contributed by atoms with Crippen LogP contribution in [0.4, 0.5) is 0 Å². The van der Waals surface area contributed by atoms with Crippen molar-refractivity contribution in [1.29, 1.82) is 0 Å². The average Bonchev–Trinajstić information content (AvgIpc) is 3.01. The lowest BCUT2D eigenvalue weighted by molar-refractivity contribution is -0.134. The first kappa shape index (κ1) is 18.9. The molecule has 4 atom stereocenters. The van der Waals surface area contributed by atoms with E-state index < -0.39 is 6.10 Å². The molecule has 0 aromatic heterocycles. The molecule has 2 bridgehead atoms. The Balaban J connectivity index is 1.42. The molecule has 5 heteroatoms. The second kappa shape index (κ2) is 7.37. The van der Waals surface area contributed by atoms with E-state index in [1.54, 1.807) is 19.0 Å². The number of aliphatic hydroxyl groups is 1. The lowest BCUT2D eigenvalue weighted by atomic mass is 9.49. The fourth-order valence-electron chi connectivity index (χ4n) is 4.90. The van der Waals surface area contributed by atoms with Crippen molar-refractivity contribution in [2.24, 2.45) is 17.3 Å². The molecule has 4 aliphatic rings. The monoisotopic (exact) mass is 350 g/mol. The number of amides is 1. The quantitative estimate of drug-likeness (QED) is 0.713. The van der Waals surface area contributed by atoms with Crippen LogP contribution in [0.3, 0.4) is 0 Å². The SMILES string of the molecule is CN(C)C(=O)C1CCCN1CC(O)COCC1=CCC2CC1C2(C)C. The molecular weight excluding hydrogens is 316 g/mol. The van der Waals surface area contributed by atoms with Crippen molar-refractivity contribution >= 4 is 5.91 Å². The number of likely N-dealkylation sites (N-methyl/N-ethyl adjacent to an activating group) is 1. The largest absolute Gasteiger partial charge is 0.389 e. The number of hydrogen-bond acceptors (Lipinski definition) is 4. The fourth-order valence-corrected chi connectivity index (χ4v) is 4.90. The summed E-state index contributed by atoms with van der Waals surface area (Å²) in [6.07, 6.45) is 6.18. The minimum atomic E-state index is -0.540. The molecule has 0 spiro atoms. The molecule has 1 N–H and O–H groups in total. The van der Waals surface area contributed by atoms with Crippen LogP contribution in [0.1, 0.15) is 39.5 Å². The van der Waals surface area contributed by atoms with Crippen LogP contribution in [0.25, 0.3) is 0 Å². The lowest BCUT2D eigenvalue weighted by Gasteiger charge is -2.56. The van der Waals surface area contributed by atoms with Crippen molar-refractivity contribution in [3.63, 3.8) is 0 Å². The number of likely N-dealkylation sites (tertiary alicyclic amines) is 1. The van der Waals surface area contributed by atoms with Gasteiger partial charge >= 0.3 is 0 Å². The van der Waals surface area contributed by atoms with Gasteiger partial charge in [-0.05, 0) is 55.1 Å². The topological polar surface area (TPSA) is 53.0 Å². The fraction of sp³-hybridized carbons (Fsp3) is 0.850. The first-order valence-electron chi connectivity index (χ1n) is 9.70. The molecule has 0 aromatic rings. The minimum Gasteiger partial charge on any atom is -0.389 e. The molecule has 0 radical (unpaired) electrons. The van der Waals surface area contributed by atoms with Crippen molar-refractivity contribution < 1.29 is 14.6 Å². The highest BCUT2D eigenvalue weighted by Crippen LogP contribution is 2.59. The van der Waals surface area contributed by atoms with Crippen LogP contribution in [0, 0.1) is 17.3 Å². The highest BCUT2D eigenvalue weighted by atomic mass is 16.5. The maximum absolute atomic E-state index is 12.2. The van der Waals surface area contributed by atoms with E-state index in [2.05, 4.69) is 24.8 Å². The molecule has 5 nitrogen and oxygen atoms in total. The zero-order chi connectivity index (χ0) is 18.2. The molecule has 1 amide bonds. The Morgan fingerprint density at radius 1 is 1.48 bits per heavy atom. The number of ether oxygens (including phenoxy) is 1. The molecule has 4 rings (SSSR count). The molecule has 2 fully saturated rings.